The topological polar surface area (TPSA) is 148 Å². The fraction of sp³-hybridized carbons (Fsp3) is 0.136. The Morgan fingerprint density at radius 1 is 0.970 bits per heavy atom. The molecule has 33 heavy (non-hydrogen) atoms. The molecule has 0 saturated carbocycles. The summed E-state index contributed by atoms with van der Waals surface area (Å²) in [5, 5.41) is 22.2. The Kier molecular flexibility index (Phi) is 7.59. The number of carboxylic acid groups (broad SMARTS) is 2. The summed E-state index contributed by atoms with van der Waals surface area (Å²) in [5.74, 6) is -2.45. The van der Waals surface area contributed by atoms with E-state index in [1.165, 1.54) is 36.4 Å². The number of amides is 1. The molecule has 0 fully saturated rings. The molecule has 5 N–H and O–H groups in total. The fourth-order valence-corrected chi connectivity index (χ4v) is 3.65. The number of aromatic carboxylic acids is 1. The highest BCUT2D eigenvalue weighted by atomic mass is 35.5. The van der Waals surface area contributed by atoms with Crippen molar-refractivity contribution in [3.05, 3.63) is 63.6 Å². The number of hydrogen-bond acceptors (Lipinski definition) is 6. The molecule has 3 rings (SSSR count). The van der Waals surface area contributed by atoms with Crippen LogP contribution in [0.3, 0.4) is 0 Å². The van der Waals surface area contributed by atoms with E-state index >= 15 is 0 Å². The number of carbonyl (C=O) groups excluding carboxylic acids is 1. The van der Waals surface area contributed by atoms with Crippen LogP contribution in [0.5, 0.6) is 11.5 Å². The molecular formula is C22H18Cl2N2O7. The summed E-state index contributed by atoms with van der Waals surface area (Å²) in [6.07, 6.45) is 0. The molecule has 1 amide bonds. The smallest absolute Gasteiger partial charge is 0.341 e. The molecule has 3 aromatic carbocycles. The van der Waals surface area contributed by atoms with Crippen LogP contribution in [0.1, 0.15) is 15.9 Å². The van der Waals surface area contributed by atoms with E-state index in [9.17, 15) is 19.5 Å². The highest BCUT2D eigenvalue weighted by Gasteiger charge is 2.16. The van der Waals surface area contributed by atoms with Gasteiger partial charge in [-0.25, -0.2) is 9.59 Å². The lowest BCUT2D eigenvalue weighted by Crippen LogP contribution is -2.21. The molecule has 0 aromatic heterocycles. The second-order valence-corrected chi connectivity index (χ2v) is 7.65. The highest BCUT2D eigenvalue weighted by Crippen LogP contribution is 2.36. The van der Waals surface area contributed by atoms with Crippen molar-refractivity contribution in [3.8, 4) is 11.5 Å². The largest absolute Gasteiger partial charge is 0.483 e. The van der Waals surface area contributed by atoms with Crippen molar-refractivity contribution in [2.45, 2.75) is 6.54 Å². The molecule has 172 valence electrons. The Morgan fingerprint density at radius 2 is 1.73 bits per heavy atom. The zero-order chi connectivity index (χ0) is 24.1. The first-order valence-corrected chi connectivity index (χ1v) is 10.2. The highest BCUT2D eigenvalue weighted by molar-refractivity contribution is 6.39. The van der Waals surface area contributed by atoms with Crippen LogP contribution < -0.4 is 20.5 Å². The summed E-state index contributed by atoms with van der Waals surface area (Å²) in [6.45, 7) is -0.901. The maximum atomic E-state index is 12.5. The summed E-state index contributed by atoms with van der Waals surface area (Å²) < 4.78 is 10.7. The van der Waals surface area contributed by atoms with Crippen LogP contribution in [0, 0.1) is 0 Å². The van der Waals surface area contributed by atoms with E-state index in [-0.39, 0.29) is 28.6 Å². The SMILES string of the molecule is NCc1cc(OCC(=O)O)ccc1NC(=O)COc1cc(C(=O)O)cc2cc(Cl)cc(Cl)c12. The maximum Gasteiger partial charge on any atom is 0.341 e. The van der Waals surface area contributed by atoms with E-state index in [1.54, 1.807) is 6.07 Å². The van der Waals surface area contributed by atoms with Gasteiger partial charge in [0.2, 0.25) is 0 Å². The molecule has 0 bridgehead atoms. The molecule has 0 spiro atoms. The zero-order valence-corrected chi connectivity index (χ0v) is 18.4. The van der Waals surface area contributed by atoms with Gasteiger partial charge in [0.25, 0.3) is 5.91 Å². The summed E-state index contributed by atoms with van der Waals surface area (Å²) in [7, 11) is 0. The Balaban J connectivity index is 1.78. The predicted molar refractivity (Wildman–Crippen MR) is 123 cm³/mol. The Morgan fingerprint density at radius 3 is 2.39 bits per heavy atom. The lowest BCUT2D eigenvalue weighted by molar-refractivity contribution is -0.139. The van der Waals surface area contributed by atoms with Crippen LogP contribution in [0.15, 0.2) is 42.5 Å². The number of nitrogens with one attached hydrogen (secondary N) is 1. The van der Waals surface area contributed by atoms with E-state index in [0.29, 0.717) is 27.0 Å². The first-order chi connectivity index (χ1) is 15.7. The third-order valence-electron chi connectivity index (χ3n) is 4.47. The first-order valence-electron chi connectivity index (χ1n) is 9.44. The number of carboxylic acids is 2. The van der Waals surface area contributed by atoms with Crippen LogP contribution in [0.25, 0.3) is 10.8 Å². The van der Waals surface area contributed by atoms with Gasteiger partial charge in [-0.2, -0.15) is 0 Å². The lowest BCUT2D eigenvalue weighted by Gasteiger charge is -2.14. The molecule has 0 heterocycles. The van der Waals surface area contributed by atoms with Gasteiger partial charge in [-0.15, -0.1) is 0 Å². The van der Waals surface area contributed by atoms with Crippen molar-refractivity contribution >= 4 is 57.5 Å². The molecule has 9 nitrogen and oxygen atoms in total. The Labute approximate surface area is 197 Å². The molecule has 0 saturated heterocycles. The second kappa shape index (κ2) is 10.4. The number of fused-ring (bicyclic) bond motifs is 1. The number of aliphatic carboxylic acids is 1. The molecule has 0 atom stereocenters. The molecule has 0 aliphatic rings. The molecule has 3 aromatic rings. The van der Waals surface area contributed by atoms with Crippen molar-refractivity contribution in [2.75, 3.05) is 18.5 Å². The van der Waals surface area contributed by atoms with Crippen molar-refractivity contribution < 1.29 is 34.1 Å². The number of nitrogens with two attached hydrogens (primary N) is 1. The van der Waals surface area contributed by atoms with Gasteiger partial charge in [0.1, 0.15) is 11.5 Å². The van der Waals surface area contributed by atoms with E-state index < -0.39 is 31.1 Å². The van der Waals surface area contributed by atoms with E-state index in [0.717, 1.165) is 0 Å². The number of benzene rings is 3. The first kappa shape index (κ1) is 24.1. The standard InChI is InChI=1S/C22H18Cl2N2O7/c23-14-4-11-3-12(22(30)31)6-18(21(11)16(24)7-14)33-9-19(27)26-17-2-1-15(5-13(17)8-25)32-10-20(28)29/h1-7H,8-10,25H2,(H,26,27)(H,28,29)(H,30,31). The summed E-state index contributed by atoms with van der Waals surface area (Å²) in [5.41, 5.74) is 6.57. The van der Waals surface area contributed by atoms with Gasteiger partial charge in [0, 0.05) is 22.6 Å². The van der Waals surface area contributed by atoms with Gasteiger partial charge < -0.3 is 30.7 Å². The minimum Gasteiger partial charge on any atom is -0.483 e. The third kappa shape index (κ3) is 6.04. The Hall–Kier alpha value is -3.53. The normalized spacial score (nSPS) is 10.6. The third-order valence-corrected chi connectivity index (χ3v) is 4.98. The number of hydrogen-bond donors (Lipinski definition) is 4. The molecule has 0 aliphatic carbocycles. The van der Waals surface area contributed by atoms with Crippen LogP contribution >= 0.6 is 23.2 Å². The molecule has 11 heteroatoms. The Bertz CT molecular complexity index is 1250. The number of anilines is 1. The maximum absolute atomic E-state index is 12.5. The van der Waals surface area contributed by atoms with Gasteiger partial charge in [0.15, 0.2) is 13.2 Å². The van der Waals surface area contributed by atoms with Crippen LogP contribution in [-0.2, 0) is 16.1 Å². The van der Waals surface area contributed by atoms with Crippen molar-refractivity contribution in [1.82, 2.24) is 0 Å². The minimum atomic E-state index is -1.18. The van der Waals surface area contributed by atoms with E-state index in [2.05, 4.69) is 5.32 Å². The van der Waals surface area contributed by atoms with Gasteiger partial charge in [-0.1, -0.05) is 23.2 Å². The van der Waals surface area contributed by atoms with Gasteiger partial charge >= 0.3 is 11.9 Å². The number of carbonyl (C=O) groups is 3. The van der Waals surface area contributed by atoms with Crippen molar-refractivity contribution in [2.24, 2.45) is 5.73 Å². The second-order valence-electron chi connectivity index (χ2n) is 6.81. The lowest BCUT2D eigenvalue weighted by atomic mass is 10.1. The van der Waals surface area contributed by atoms with E-state index in [1.807, 2.05) is 0 Å². The molecule has 0 unspecified atom stereocenters. The van der Waals surface area contributed by atoms with Crippen LogP contribution in [-0.4, -0.2) is 41.3 Å². The van der Waals surface area contributed by atoms with Gasteiger partial charge in [-0.05, 0) is 53.4 Å². The zero-order valence-electron chi connectivity index (χ0n) is 16.9. The van der Waals surface area contributed by atoms with Crippen LogP contribution in [0.2, 0.25) is 10.0 Å². The van der Waals surface area contributed by atoms with Crippen LogP contribution in [0.4, 0.5) is 5.69 Å². The molecule has 0 aliphatic heterocycles. The quantitative estimate of drug-likeness (QED) is 0.352. The summed E-state index contributed by atoms with van der Waals surface area (Å²) in [6, 6.07) is 10.3. The van der Waals surface area contributed by atoms with Gasteiger partial charge in [0.05, 0.1) is 10.6 Å². The van der Waals surface area contributed by atoms with Crippen molar-refractivity contribution in [3.63, 3.8) is 0 Å². The average Bonchev–Trinajstić information content (AvgIpc) is 2.75. The number of rotatable bonds is 9. The van der Waals surface area contributed by atoms with Crippen molar-refractivity contribution in [1.29, 1.82) is 0 Å². The van der Waals surface area contributed by atoms with E-state index in [4.69, 9.17) is 43.5 Å². The summed E-state index contributed by atoms with van der Waals surface area (Å²) >= 11 is 12.3. The molecule has 0 radical (unpaired) electrons. The number of halogens is 2. The molecular weight excluding hydrogens is 475 g/mol. The minimum absolute atomic E-state index is 0.0568. The van der Waals surface area contributed by atoms with Gasteiger partial charge in [-0.3, -0.25) is 4.79 Å². The predicted octanol–water partition coefficient (Wildman–Crippen LogP) is 3.78. The fourth-order valence-electron chi connectivity index (χ4n) is 3.05. The average molecular weight is 493 g/mol. The number of ether oxygens (including phenoxy) is 2. The summed E-state index contributed by atoms with van der Waals surface area (Å²) in [4.78, 5) is 34.6. The monoisotopic (exact) mass is 492 g/mol.